The number of carbonyl (C=O) groups is 1. The number of piperazine rings is 1. The Bertz CT molecular complexity index is 392. The van der Waals surface area contributed by atoms with Crippen LogP contribution in [0.15, 0.2) is 0 Å². The average molecular weight is 396 g/mol. The first-order valence-corrected chi connectivity index (χ1v) is 9.48. The Morgan fingerprint density at radius 3 is 2.24 bits per heavy atom. The number of carbonyl (C=O) groups excluding carboxylic acids is 1. The van der Waals surface area contributed by atoms with Gasteiger partial charge >= 0.3 is 0 Å². The van der Waals surface area contributed by atoms with Crippen LogP contribution >= 0.6 is 24.8 Å². The van der Waals surface area contributed by atoms with Crippen molar-refractivity contribution >= 4 is 30.7 Å². The van der Waals surface area contributed by atoms with Crippen LogP contribution < -0.4 is 5.32 Å². The molecule has 3 aliphatic heterocycles. The van der Waals surface area contributed by atoms with E-state index in [1.54, 1.807) is 0 Å². The smallest absolute Gasteiger partial charge is 0.222 e. The molecule has 0 aromatic carbocycles. The summed E-state index contributed by atoms with van der Waals surface area (Å²) in [6.45, 7) is 9.68. The summed E-state index contributed by atoms with van der Waals surface area (Å²) in [5, 5.41) is 3.66. The Labute approximate surface area is 165 Å². The maximum absolute atomic E-state index is 12.6. The van der Waals surface area contributed by atoms with E-state index in [9.17, 15) is 4.79 Å². The number of amides is 1. The Balaban J connectivity index is 0.00000156. The number of piperidine rings is 1. The second-order valence-electron chi connectivity index (χ2n) is 7.82. The summed E-state index contributed by atoms with van der Waals surface area (Å²) in [6, 6.07) is 1.37. The Hall–Kier alpha value is -0.0700. The molecule has 3 aliphatic rings. The molecule has 0 radical (unpaired) electrons. The number of halogens is 2. The molecule has 7 heteroatoms. The van der Waals surface area contributed by atoms with Crippen molar-refractivity contribution in [1.82, 2.24) is 15.1 Å². The van der Waals surface area contributed by atoms with Gasteiger partial charge in [0.25, 0.3) is 0 Å². The largest absolute Gasteiger partial charge is 0.377 e. The molecular formula is C18H35Cl2N3O2. The van der Waals surface area contributed by atoms with Gasteiger partial charge in [-0.25, -0.2) is 0 Å². The maximum atomic E-state index is 12.6. The van der Waals surface area contributed by atoms with Crippen molar-refractivity contribution in [2.75, 3.05) is 39.3 Å². The molecule has 0 aromatic heterocycles. The molecule has 148 valence electrons. The van der Waals surface area contributed by atoms with Crippen LogP contribution in [0.4, 0.5) is 0 Å². The highest BCUT2D eigenvalue weighted by Gasteiger charge is 2.35. The van der Waals surface area contributed by atoms with E-state index in [2.05, 4.69) is 29.0 Å². The van der Waals surface area contributed by atoms with E-state index in [-0.39, 0.29) is 24.8 Å². The molecule has 0 spiro atoms. The van der Waals surface area contributed by atoms with Gasteiger partial charge in [0.1, 0.15) is 0 Å². The standard InChI is InChI=1S/C18H33N3O2.2ClH/c1-14(2)23-10-9-20-5-7-21(8-6-20)18(22)13-15-11-16-3-4-17(12-15)19-16;;/h14-17,19H,3-13H2,1-2H3;2*1H. The Kier molecular flexibility index (Phi) is 10.0. The van der Waals surface area contributed by atoms with Gasteiger partial charge in [0, 0.05) is 51.2 Å². The molecule has 2 unspecified atom stereocenters. The van der Waals surface area contributed by atoms with Crippen LogP contribution in [0.3, 0.4) is 0 Å². The summed E-state index contributed by atoms with van der Waals surface area (Å²) in [5.74, 6) is 0.994. The zero-order valence-electron chi connectivity index (χ0n) is 15.6. The van der Waals surface area contributed by atoms with Crippen LogP contribution in [-0.4, -0.2) is 73.2 Å². The van der Waals surface area contributed by atoms with Crippen LogP contribution in [-0.2, 0) is 9.53 Å². The van der Waals surface area contributed by atoms with Gasteiger partial charge in [0.05, 0.1) is 12.7 Å². The molecule has 0 aliphatic carbocycles. The van der Waals surface area contributed by atoms with Gasteiger partial charge < -0.3 is 15.0 Å². The van der Waals surface area contributed by atoms with Gasteiger partial charge in [-0.1, -0.05) is 0 Å². The number of nitrogens with zero attached hydrogens (tertiary/aromatic N) is 2. The van der Waals surface area contributed by atoms with Crippen molar-refractivity contribution < 1.29 is 9.53 Å². The van der Waals surface area contributed by atoms with E-state index in [0.29, 0.717) is 30.0 Å². The number of nitrogens with one attached hydrogen (secondary N) is 1. The van der Waals surface area contributed by atoms with Gasteiger partial charge in [-0.05, 0) is 45.4 Å². The fourth-order valence-electron chi connectivity index (χ4n) is 4.36. The van der Waals surface area contributed by atoms with Crippen LogP contribution in [0, 0.1) is 5.92 Å². The normalized spacial score (nSPS) is 29.2. The summed E-state index contributed by atoms with van der Waals surface area (Å²) in [7, 11) is 0. The van der Waals surface area contributed by atoms with Gasteiger partial charge in [0.15, 0.2) is 0 Å². The van der Waals surface area contributed by atoms with Crippen molar-refractivity contribution in [3.8, 4) is 0 Å². The summed E-state index contributed by atoms with van der Waals surface area (Å²) >= 11 is 0. The molecule has 2 atom stereocenters. The number of rotatable bonds is 6. The minimum atomic E-state index is 0. The summed E-state index contributed by atoms with van der Waals surface area (Å²) in [4.78, 5) is 17.1. The number of hydrogen-bond acceptors (Lipinski definition) is 4. The van der Waals surface area contributed by atoms with E-state index < -0.39 is 0 Å². The molecule has 3 fully saturated rings. The first-order valence-electron chi connectivity index (χ1n) is 9.48. The van der Waals surface area contributed by atoms with Gasteiger partial charge in [0.2, 0.25) is 5.91 Å². The first kappa shape index (κ1) is 23.0. The molecule has 3 heterocycles. The van der Waals surface area contributed by atoms with E-state index >= 15 is 0 Å². The minimum absolute atomic E-state index is 0. The van der Waals surface area contributed by atoms with Crippen LogP contribution in [0.25, 0.3) is 0 Å². The summed E-state index contributed by atoms with van der Waals surface area (Å²) in [5.41, 5.74) is 0. The lowest BCUT2D eigenvalue weighted by molar-refractivity contribution is -0.134. The maximum Gasteiger partial charge on any atom is 0.222 e. The Morgan fingerprint density at radius 1 is 1.08 bits per heavy atom. The Morgan fingerprint density at radius 2 is 1.68 bits per heavy atom. The van der Waals surface area contributed by atoms with Crippen LogP contribution in [0.5, 0.6) is 0 Å². The van der Waals surface area contributed by atoms with Crippen molar-refractivity contribution in [2.45, 2.75) is 64.1 Å². The molecular weight excluding hydrogens is 361 g/mol. The molecule has 1 amide bonds. The second-order valence-corrected chi connectivity index (χ2v) is 7.82. The highest BCUT2D eigenvalue weighted by molar-refractivity contribution is 5.85. The number of ether oxygens (including phenoxy) is 1. The minimum Gasteiger partial charge on any atom is -0.377 e. The molecule has 3 rings (SSSR count). The van der Waals surface area contributed by atoms with Crippen LogP contribution in [0.1, 0.15) is 46.0 Å². The SMILES string of the molecule is CC(C)OCCN1CCN(C(=O)CC2CC3CCC(C2)N3)CC1.Cl.Cl. The number of fused-ring (bicyclic) bond motifs is 2. The topological polar surface area (TPSA) is 44.8 Å². The summed E-state index contributed by atoms with van der Waals surface area (Å²) in [6.07, 6.45) is 6.10. The molecule has 2 bridgehead atoms. The summed E-state index contributed by atoms with van der Waals surface area (Å²) < 4.78 is 5.62. The third-order valence-corrected chi connectivity index (χ3v) is 5.62. The third kappa shape index (κ3) is 6.87. The second kappa shape index (κ2) is 10.9. The molecule has 3 saturated heterocycles. The quantitative estimate of drug-likeness (QED) is 0.749. The molecule has 5 nitrogen and oxygen atoms in total. The van der Waals surface area contributed by atoms with Crippen molar-refractivity contribution in [3.63, 3.8) is 0 Å². The first-order chi connectivity index (χ1) is 11.1. The molecule has 0 aromatic rings. The average Bonchev–Trinajstić information content (AvgIpc) is 2.86. The predicted octanol–water partition coefficient (Wildman–Crippen LogP) is 2.32. The van der Waals surface area contributed by atoms with E-state index in [1.807, 2.05) is 0 Å². The number of hydrogen-bond donors (Lipinski definition) is 1. The van der Waals surface area contributed by atoms with Gasteiger partial charge in [-0.15, -0.1) is 24.8 Å². The predicted molar refractivity (Wildman–Crippen MR) is 106 cm³/mol. The highest BCUT2D eigenvalue weighted by Crippen LogP contribution is 2.33. The zero-order valence-corrected chi connectivity index (χ0v) is 17.2. The van der Waals surface area contributed by atoms with E-state index in [1.165, 1.54) is 25.7 Å². The van der Waals surface area contributed by atoms with Crippen LogP contribution in [0.2, 0.25) is 0 Å². The lowest BCUT2D eigenvalue weighted by Gasteiger charge is -2.36. The zero-order chi connectivity index (χ0) is 16.2. The fourth-order valence-corrected chi connectivity index (χ4v) is 4.36. The molecule has 25 heavy (non-hydrogen) atoms. The van der Waals surface area contributed by atoms with E-state index in [4.69, 9.17) is 4.74 Å². The molecule has 0 saturated carbocycles. The van der Waals surface area contributed by atoms with Crippen molar-refractivity contribution in [2.24, 2.45) is 5.92 Å². The fraction of sp³-hybridized carbons (Fsp3) is 0.944. The van der Waals surface area contributed by atoms with Gasteiger partial charge in [-0.3, -0.25) is 9.69 Å². The monoisotopic (exact) mass is 395 g/mol. The third-order valence-electron chi connectivity index (χ3n) is 5.62. The highest BCUT2D eigenvalue weighted by atomic mass is 35.5. The molecule has 1 N–H and O–H groups in total. The van der Waals surface area contributed by atoms with Crippen molar-refractivity contribution in [3.05, 3.63) is 0 Å². The van der Waals surface area contributed by atoms with Crippen molar-refractivity contribution in [1.29, 1.82) is 0 Å². The van der Waals surface area contributed by atoms with E-state index in [0.717, 1.165) is 45.8 Å². The lowest BCUT2D eigenvalue weighted by Crippen LogP contribution is -2.50. The lowest BCUT2D eigenvalue weighted by atomic mass is 9.89. The van der Waals surface area contributed by atoms with Gasteiger partial charge in [-0.2, -0.15) is 0 Å².